The number of ether oxygens (including phenoxy) is 3. The van der Waals surface area contributed by atoms with Gasteiger partial charge < -0.3 is 19.5 Å². The molecule has 0 fully saturated rings. The number of methoxy groups -OCH3 is 3. The molecule has 0 amide bonds. The third-order valence-electron chi connectivity index (χ3n) is 2.76. The summed E-state index contributed by atoms with van der Waals surface area (Å²) in [6.07, 6.45) is 2.15. The number of rotatable bonds is 7. The van der Waals surface area contributed by atoms with Crippen molar-refractivity contribution in [2.75, 3.05) is 27.9 Å². The van der Waals surface area contributed by atoms with Crippen molar-refractivity contribution in [2.24, 2.45) is 0 Å². The summed E-state index contributed by atoms with van der Waals surface area (Å²) in [5.74, 6) is 2.02. The molecule has 0 atom stereocenters. The molecule has 0 saturated heterocycles. The lowest BCUT2D eigenvalue weighted by atomic mass is 10.1. The molecule has 1 N–H and O–H groups in total. The third kappa shape index (κ3) is 4.17. The minimum Gasteiger partial charge on any atom is -0.493 e. The van der Waals surface area contributed by atoms with Crippen molar-refractivity contribution in [1.82, 2.24) is 5.32 Å². The number of benzene rings is 1. The fourth-order valence-electron chi connectivity index (χ4n) is 1.79. The van der Waals surface area contributed by atoms with Crippen LogP contribution in [0.2, 0.25) is 0 Å². The molecule has 1 aromatic rings. The zero-order chi connectivity index (χ0) is 14.3. The molecular weight excluding hydrogens is 242 g/mol. The molecular formula is C15H23NO3. The van der Waals surface area contributed by atoms with Crippen LogP contribution in [0.3, 0.4) is 0 Å². The molecule has 0 aromatic heterocycles. The largest absolute Gasteiger partial charge is 0.493 e. The van der Waals surface area contributed by atoms with Crippen LogP contribution in [0.25, 0.3) is 0 Å². The summed E-state index contributed by atoms with van der Waals surface area (Å²) in [6, 6.07) is 3.87. The van der Waals surface area contributed by atoms with E-state index in [1.165, 1.54) is 5.57 Å². The van der Waals surface area contributed by atoms with Crippen LogP contribution < -0.4 is 19.5 Å². The highest BCUT2D eigenvalue weighted by molar-refractivity contribution is 5.55. The highest BCUT2D eigenvalue weighted by Gasteiger charge is 2.14. The quantitative estimate of drug-likeness (QED) is 0.608. The van der Waals surface area contributed by atoms with Crippen LogP contribution in [0.5, 0.6) is 17.2 Å². The smallest absolute Gasteiger partial charge is 0.203 e. The van der Waals surface area contributed by atoms with E-state index in [0.29, 0.717) is 23.8 Å². The Kier molecular flexibility index (Phi) is 6.22. The van der Waals surface area contributed by atoms with E-state index in [0.717, 1.165) is 12.1 Å². The van der Waals surface area contributed by atoms with Crippen LogP contribution in [-0.2, 0) is 6.54 Å². The summed E-state index contributed by atoms with van der Waals surface area (Å²) in [4.78, 5) is 0. The van der Waals surface area contributed by atoms with Crippen LogP contribution in [0.15, 0.2) is 23.8 Å². The molecule has 0 aliphatic rings. The highest BCUT2D eigenvalue weighted by atomic mass is 16.5. The zero-order valence-electron chi connectivity index (χ0n) is 12.4. The fourth-order valence-corrected chi connectivity index (χ4v) is 1.79. The van der Waals surface area contributed by atoms with Crippen molar-refractivity contribution in [1.29, 1.82) is 0 Å². The maximum Gasteiger partial charge on any atom is 0.203 e. The van der Waals surface area contributed by atoms with Gasteiger partial charge >= 0.3 is 0 Å². The lowest BCUT2D eigenvalue weighted by Gasteiger charge is -2.15. The third-order valence-corrected chi connectivity index (χ3v) is 2.76. The SMILES string of the molecule is COc1ccc(CNCC=C(C)C)c(OC)c1OC. The highest BCUT2D eigenvalue weighted by Crippen LogP contribution is 2.39. The summed E-state index contributed by atoms with van der Waals surface area (Å²) in [5, 5.41) is 3.34. The standard InChI is InChI=1S/C15H23NO3/c1-11(2)8-9-16-10-12-6-7-13(17-3)15(19-5)14(12)18-4/h6-8,16H,9-10H2,1-5H3. The Balaban J connectivity index is 2.86. The number of hydrogen-bond acceptors (Lipinski definition) is 4. The maximum atomic E-state index is 5.43. The van der Waals surface area contributed by atoms with Crippen molar-refractivity contribution in [3.63, 3.8) is 0 Å². The van der Waals surface area contributed by atoms with E-state index in [1.54, 1.807) is 21.3 Å². The molecule has 1 aromatic carbocycles. The van der Waals surface area contributed by atoms with Crippen molar-refractivity contribution in [2.45, 2.75) is 20.4 Å². The van der Waals surface area contributed by atoms with Crippen LogP contribution >= 0.6 is 0 Å². The summed E-state index contributed by atoms with van der Waals surface area (Å²) >= 11 is 0. The van der Waals surface area contributed by atoms with E-state index in [-0.39, 0.29) is 0 Å². The molecule has 0 radical (unpaired) electrons. The topological polar surface area (TPSA) is 39.7 Å². The van der Waals surface area contributed by atoms with Crippen molar-refractivity contribution in [3.8, 4) is 17.2 Å². The molecule has 0 aliphatic heterocycles. The van der Waals surface area contributed by atoms with Crippen molar-refractivity contribution < 1.29 is 14.2 Å². The molecule has 19 heavy (non-hydrogen) atoms. The second-order valence-corrected chi connectivity index (χ2v) is 4.41. The normalized spacial score (nSPS) is 9.95. The van der Waals surface area contributed by atoms with E-state index in [2.05, 4.69) is 25.2 Å². The van der Waals surface area contributed by atoms with Crippen molar-refractivity contribution in [3.05, 3.63) is 29.3 Å². The lowest BCUT2D eigenvalue weighted by molar-refractivity contribution is 0.321. The molecule has 106 valence electrons. The Morgan fingerprint density at radius 1 is 1.05 bits per heavy atom. The van der Waals surface area contributed by atoms with Gasteiger partial charge in [-0.2, -0.15) is 0 Å². The minimum atomic E-state index is 0.631. The van der Waals surface area contributed by atoms with Gasteiger partial charge in [-0.25, -0.2) is 0 Å². The van der Waals surface area contributed by atoms with E-state index in [4.69, 9.17) is 14.2 Å². The summed E-state index contributed by atoms with van der Waals surface area (Å²) in [5.41, 5.74) is 2.34. The number of allylic oxidation sites excluding steroid dienone is 1. The minimum absolute atomic E-state index is 0.631. The summed E-state index contributed by atoms with van der Waals surface area (Å²) in [6.45, 7) is 5.71. The predicted octanol–water partition coefficient (Wildman–Crippen LogP) is 2.77. The number of hydrogen-bond donors (Lipinski definition) is 1. The van der Waals surface area contributed by atoms with Crippen LogP contribution in [0, 0.1) is 0 Å². The molecule has 4 nitrogen and oxygen atoms in total. The van der Waals surface area contributed by atoms with E-state index in [1.807, 2.05) is 12.1 Å². The Hall–Kier alpha value is -1.68. The molecule has 1 rings (SSSR count). The van der Waals surface area contributed by atoms with Gasteiger partial charge in [0.05, 0.1) is 21.3 Å². The first-order valence-electron chi connectivity index (χ1n) is 6.26. The van der Waals surface area contributed by atoms with Crippen LogP contribution in [0.4, 0.5) is 0 Å². The Morgan fingerprint density at radius 3 is 2.26 bits per heavy atom. The van der Waals surface area contributed by atoms with Crippen LogP contribution in [-0.4, -0.2) is 27.9 Å². The first-order valence-corrected chi connectivity index (χ1v) is 6.26. The number of nitrogens with one attached hydrogen (secondary N) is 1. The summed E-state index contributed by atoms with van der Waals surface area (Å²) in [7, 11) is 4.86. The first-order chi connectivity index (χ1) is 9.13. The molecule has 0 bridgehead atoms. The molecule has 4 heteroatoms. The van der Waals surface area contributed by atoms with Gasteiger partial charge in [0.2, 0.25) is 5.75 Å². The van der Waals surface area contributed by atoms with Gasteiger partial charge in [0.15, 0.2) is 11.5 Å². The monoisotopic (exact) mass is 265 g/mol. The van der Waals surface area contributed by atoms with E-state index < -0.39 is 0 Å². The zero-order valence-corrected chi connectivity index (χ0v) is 12.4. The van der Waals surface area contributed by atoms with Gasteiger partial charge in [0.25, 0.3) is 0 Å². The summed E-state index contributed by atoms with van der Waals surface area (Å²) < 4.78 is 16.0. The van der Waals surface area contributed by atoms with Gasteiger partial charge in [0, 0.05) is 18.7 Å². The van der Waals surface area contributed by atoms with Gasteiger partial charge in [0.1, 0.15) is 0 Å². The molecule has 0 heterocycles. The van der Waals surface area contributed by atoms with Gasteiger partial charge in [-0.1, -0.05) is 17.7 Å². The van der Waals surface area contributed by atoms with Gasteiger partial charge in [-0.05, 0) is 19.9 Å². The molecule has 0 aliphatic carbocycles. The average Bonchev–Trinajstić information content (AvgIpc) is 2.42. The Bertz CT molecular complexity index is 437. The van der Waals surface area contributed by atoms with Crippen molar-refractivity contribution >= 4 is 0 Å². The van der Waals surface area contributed by atoms with E-state index >= 15 is 0 Å². The Morgan fingerprint density at radius 2 is 1.74 bits per heavy atom. The van der Waals surface area contributed by atoms with Gasteiger partial charge in [-0.3, -0.25) is 0 Å². The van der Waals surface area contributed by atoms with E-state index in [9.17, 15) is 0 Å². The van der Waals surface area contributed by atoms with Crippen LogP contribution in [0.1, 0.15) is 19.4 Å². The molecule has 0 unspecified atom stereocenters. The lowest BCUT2D eigenvalue weighted by Crippen LogP contribution is -2.14. The molecule has 0 spiro atoms. The predicted molar refractivity (Wildman–Crippen MR) is 77.2 cm³/mol. The average molecular weight is 265 g/mol. The fraction of sp³-hybridized carbons (Fsp3) is 0.467. The Labute approximate surface area is 115 Å². The second kappa shape index (κ2) is 7.69. The second-order valence-electron chi connectivity index (χ2n) is 4.41. The first kappa shape index (κ1) is 15.4. The maximum absolute atomic E-state index is 5.43. The molecule has 0 saturated carbocycles. The van der Waals surface area contributed by atoms with Gasteiger partial charge in [-0.15, -0.1) is 0 Å².